The molecular formula is C23H29BrCl2O. The van der Waals surface area contributed by atoms with E-state index in [0.29, 0.717) is 34.9 Å². The van der Waals surface area contributed by atoms with Gasteiger partial charge in [-0.25, -0.2) is 0 Å². The van der Waals surface area contributed by atoms with Crippen molar-refractivity contribution < 1.29 is 4.79 Å². The van der Waals surface area contributed by atoms with Gasteiger partial charge in [-0.15, -0.1) is 0 Å². The lowest BCUT2D eigenvalue weighted by molar-refractivity contribution is -0.115. The average molecular weight is 472 g/mol. The van der Waals surface area contributed by atoms with Crippen molar-refractivity contribution >= 4 is 44.9 Å². The van der Waals surface area contributed by atoms with Gasteiger partial charge in [-0.05, 0) is 52.9 Å². The first-order valence-corrected chi connectivity index (χ1v) is 10.9. The van der Waals surface area contributed by atoms with Crippen molar-refractivity contribution in [1.29, 1.82) is 0 Å². The van der Waals surface area contributed by atoms with Crippen LogP contribution in [0.4, 0.5) is 0 Å². The van der Waals surface area contributed by atoms with Crippen molar-refractivity contribution in [2.75, 3.05) is 0 Å². The van der Waals surface area contributed by atoms with Gasteiger partial charge in [0, 0.05) is 16.5 Å². The van der Waals surface area contributed by atoms with Gasteiger partial charge in [0.2, 0.25) is 0 Å². The van der Waals surface area contributed by atoms with Crippen molar-refractivity contribution in [2.24, 2.45) is 0 Å². The summed E-state index contributed by atoms with van der Waals surface area (Å²) < 4.78 is 1.17. The number of carbonyl (C=O) groups excluding carboxylic acids is 1. The monoisotopic (exact) mass is 470 g/mol. The first kappa shape index (κ1) is 22.7. The summed E-state index contributed by atoms with van der Waals surface area (Å²) in [7, 11) is 0. The zero-order chi connectivity index (χ0) is 20.7. The number of ketones is 1. The van der Waals surface area contributed by atoms with Crippen LogP contribution in [-0.4, -0.2) is 5.78 Å². The van der Waals surface area contributed by atoms with E-state index in [2.05, 4.69) is 69.6 Å². The Hall–Kier alpha value is -0.570. The molecular weight excluding hydrogens is 443 g/mol. The maximum absolute atomic E-state index is 12.7. The normalized spacial score (nSPS) is 15.8. The molecule has 0 spiro atoms. The predicted octanol–water partition coefficient (Wildman–Crippen LogP) is 7.96. The van der Waals surface area contributed by atoms with E-state index in [-0.39, 0.29) is 16.6 Å². The standard InChI is InChI=1S/C23H29BrCl2O/c1-13-10-15(21(26)20(13)25)18(27)9-8-14-11-16(22(2,3)4)19(24)17(12-14)23(5,6)7/h11-12H,8-10H2,1-7H3. The zero-order valence-corrected chi connectivity index (χ0v) is 20.4. The Morgan fingerprint density at radius 1 is 1.00 bits per heavy atom. The zero-order valence-electron chi connectivity index (χ0n) is 17.3. The van der Waals surface area contributed by atoms with Crippen LogP contribution in [0.3, 0.4) is 0 Å². The van der Waals surface area contributed by atoms with Gasteiger partial charge in [0.15, 0.2) is 5.78 Å². The van der Waals surface area contributed by atoms with E-state index in [1.807, 2.05) is 6.92 Å². The van der Waals surface area contributed by atoms with E-state index in [0.717, 1.165) is 5.57 Å². The minimum Gasteiger partial charge on any atom is -0.294 e. The number of carbonyl (C=O) groups is 1. The number of hydrogen-bond donors (Lipinski definition) is 0. The molecule has 0 bridgehead atoms. The van der Waals surface area contributed by atoms with Crippen LogP contribution in [-0.2, 0) is 22.0 Å². The second-order valence-corrected chi connectivity index (χ2v) is 11.0. The SMILES string of the molecule is CC1=C(Cl)C(Cl)=C(C(=O)CCc2cc(C(C)(C)C)c(Br)c(C(C)(C)C)c2)C1. The molecule has 0 atom stereocenters. The third-order valence-corrected chi connectivity index (χ3v) is 6.88. The van der Waals surface area contributed by atoms with Crippen LogP contribution in [0, 0.1) is 0 Å². The summed E-state index contributed by atoms with van der Waals surface area (Å²) in [5.74, 6) is 0.0903. The van der Waals surface area contributed by atoms with Crippen molar-refractivity contribution in [3.8, 4) is 0 Å². The molecule has 0 amide bonds. The lowest BCUT2D eigenvalue weighted by Crippen LogP contribution is -2.19. The minimum absolute atomic E-state index is 0.0185. The fraction of sp³-hybridized carbons (Fsp3) is 0.522. The molecule has 0 heterocycles. The maximum atomic E-state index is 12.7. The predicted molar refractivity (Wildman–Crippen MR) is 121 cm³/mol. The molecule has 1 aromatic carbocycles. The molecule has 0 unspecified atom stereocenters. The summed E-state index contributed by atoms with van der Waals surface area (Å²) in [6.45, 7) is 15.2. The van der Waals surface area contributed by atoms with Crippen LogP contribution in [0.5, 0.6) is 0 Å². The molecule has 1 aromatic rings. The topological polar surface area (TPSA) is 17.1 Å². The smallest absolute Gasteiger partial charge is 0.161 e. The van der Waals surface area contributed by atoms with E-state index in [1.165, 1.54) is 21.2 Å². The van der Waals surface area contributed by atoms with Crippen LogP contribution in [0.2, 0.25) is 0 Å². The third kappa shape index (κ3) is 5.08. The van der Waals surface area contributed by atoms with Crippen molar-refractivity contribution in [1.82, 2.24) is 0 Å². The van der Waals surface area contributed by atoms with Crippen LogP contribution in [0.25, 0.3) is 0 Å². The summed E-state index contributed by atoms with van der Waals surface area (Å²) in [6.07, 6.45) is 1.71. The molecule has 1 aliphatic rings. The molecule has 0 aromatic heterocycles. The second kappa shape index (κ2) is 8.05. The van der Waals surface area contributed by atoms with Crippen LogP contribution in [0.15, 0.2) is 37.8 Å². The Labute approximate surface area is 182 Å². The van der Waals surface area contributed by atoms with E-state index >= 15 is 0 Å². The number of benzene rings is 1. The summed E-state index contributed by atoms with van der Waals surface area (Å²) >= 11 is 16.2. The van der Waals surface area contributed by atoms with Gasteiger partial charge in [0.05, 0.1) is 10.1 Å². The highest BCUT2D eigenvalue weighted by molar-refractivity contribution is 9.10. The number of hydrogen-bond acceptors (Lipinski definition) is 1. The van der Waals surface area contributed by atoms with Gasteiger partial charge in [-0.2, -0.15) is 0 Å². The average Bonchev–Trinajstić information content (AvgIpc) is 2.79. The summed E-state index contributed by atoms with van der Waals surface area (Å²) in [5.41, 5.74) is 5.40. The van der Waals surface area contributed by atoms with Crippen LogP contribution in [0.1, 0.15) is 78.0 Å². The van der Waals surface area contributed by atoms with E-state index in [1.54, 1.807) is 0 Å². The summed E-state index contributed by atoms with van der Waals surface area (Å²) in [5, 5.41) is 0.967. The molecule has 1 nitrogen and oxygen atoms in total. The molecule has 0 fully saturated rings. The summed E-state index contributed by atoms with van der Waals surface area (Å²) in [6, 6.07) is 4.46. The number of allylic oxidation sites excluding steroid dienone is 4. The van der Waals surface area contributed by atoms with Gasteiger partial charge in [0.1, 0.15) is 0 Å². The minimum atomic E-state index is 0.0185. The maximum Gasteiger partial charge on any atom is 0.161 e. The fourth-order valence-corrected chi connectivity index (χ4v) is 5.22. The molecule has 1 aliphatic carbocycles. The number of aryl methyl sites for hydroxylation is 1. The molecule has 0 saturated heterocycles. The lowest BCUT2D eigenvalue weighted by atomic mass is 9.79. The Bertz CT molecular complexity index is 798. The Balaban J connectivity index is 2.31. The number of Topliss-reactive ketones (excluding diaryl/α,β-unsaturated/α-hetero) is 1. The summed E-state index contributed by atoms with van der Waals surface area (Å²) in [4.78, 5) is 12.7. The molecule has 148 valence electrons. The highest BCUT2D eigenvalue weighted by Gasteiger charge is 2.27. The van der Waals surface area contributed by atoms with E-state index in [9.17, 15) is 4.79 Å². The molecule has 2 rings (SSSR count). The largest absolute Gasteiger partial charge is 0.294 e. The van der Waals surface area contributed by atoms with Crippen LogP contribution < -0.4 is 0 Å². The number of halogens is 3. The Morgan fingerprint density at radius 3 is 1.85 bits per heavy atom. The van der Waals surface area contributed by atoms with Crippen molar-refractivity contribution in [2.45, 2.75) is 78.6 Å². The first-order chi connectivity index (χ1) is 12.2. The van der Waals surface area contributed by atoms with Crippen LogP contribution >= 0.6 is 39.1 Å². The lowest BCUT2D eigenvalue weighted by Gasteiger charge is -2.29. The Morgan fingerprint density at radius 2 is 1.48 bits per heavy atom. The van der Waals surface area contributed by atoms with Gasteiger partial charge in [0.25, 0.3) is 0 Å². The molecule has 0 radical (unpaired) electrons. The van der Waals surface area contributed by atoms with E-state index < -0.39 is 0 Å². The second-order valence-electron chi connectivity index (χ2n) is 9.49. The molecule has 27 heavy (non-hydrogen) atoms. The van der Waals surface area contributed by atoms with Gasteiger partial charge in [-0.3, -0.25) is 4.79 Å². The molecule has 0 aliphatic heterocycles. The molecule has 0 N–H and O–H groups in total. The van der Waals surface area contributed by atoms with Gasteiger partial charge >= 0.3 is 0 Å². The van der Waals surface area contributed by atoms with E-state index in [4.69, 9.17) is 23.2 Å². The van der Waals surface area contributed by atoms with Crippen molar-refractivity contribution in [3.63, 3.8) is 0 Å². The fourth-order valence-electron chi connectivity index (χ4n) is 3.29. The molecule has 4 heteroatoms. The van der Waals surface area contributed by atoms with Crippen molar-refractivity contribution in [3.05, 3.63) is 54.5 Å². The van der Waals surface area contributed by atoms with Gasteiger partial charge < -0.3 is 0 Å². The highest BCUT2D eigenvalue weighted by Crippen LogP contribution is 2.40. The quantitative estimate of drug-likeness (QED) is 0.435. The third-order valence-electron chi connectivity index (χ3n) is 5.00. The number of rotatable bonds is 4. The Kier molecular flexibility index (Phi) is 6.77. The molecule has 0 saturated carbocycles. The highest BCUT2D eigenvalue weighted by atomic mass is 79.9. The first-order valence-electron chi connectivity index (χ1n) is 9.34. The van der Waals surface area contributed by atoms with Gasteiger partial charge in [-0.1, -0.05) is 92.8 Å².